The fourth-order valence-corrected chi connectivity index (χ4v) is 3.69. The monoisotopic (exact) mass is 375 g/mol. The van der Waals surface area contributed by atoms with Crippen molar-refractivity contribution in [1.29, 1.82) is 0 Å². The lowest BCUT2D eigenvalue weighted by Gasteiger charge is -2.14. The third-order valence-electron chi connectivity index (χ3n) is 3.39. The van der Waals surface area contributed by atoms with Crippen LogP contribution in [0.15, 0.2) is 59.5 Å². The van der Waals surface area contributed by atoms with E-state index in [-0.39, 0.29) is 5.91 Å². The maximum atomic E-state index is 12.5. The second-order valence-electron chi connectivity index (χ2n) is 5.02. The van der Waals surface area contributed by atoms with Gasteiger partial charge in [-0.05, 0) is 29.8 Å². The number of thioether (sulfide) groups is 1. The fraction of sp³-hybridized carbons (Fsp3) is 0.111. The van der Waals surface area contributed by atoms with Gasteiger partial charge >= 0.3 is 0 Å². The van der Waals surface area contributed by atoms with Crippen molar-refractivity contribution in [3.05, 3.63) is 70.1 Å². The van der Waals surface area contributed by atoms with Crippen LogP contribution in [0.4, 0.5) is 0 Å². The number of carbonyl (C=O) groups is 1. The first-order valence-corrected chi connectivity index (χ1v) is 8.93. The molecule has 0 aliphatic carbocycles. The average molecular weight is 376 g/mol. The number of hydrogen-bond acceptors (Lipinski definition) is 4. The van der Waals surface area contributed by atoms with Gasteiger partial charge in [-0.25, -0.2) is 0 Å². The third-order valence-corrected chi connectivity index (χ3v) is 5.11. The van der Waals surface area contributed by atoms with Crippen LogP contribution in [0, 0.1) is 0 Å². The summed E-state index contributed by atoms with van der Waals surface area (Å²) in [7, 11) is 0. The Bertz CT molecular complexity index is 793. The van der Waals surface area contributed by atoms with Crippen LogP contribution >= 0.6 is 35.6 Å². The van der Waals surface area contributed by atoms with Crippen molar-refractivity contribution in [2.75, 3.05) is 13.2 Å². The predicted octanol–water partition coefficient (Wildman–Crippen LogP) is 4.62. The van der Waals surface area contributed by atoms with Gasteiger partial charge in [0.15, 0.2) is 0 Å². The molecule has 6 heteroatoms. The summed E-state index contributed by atoms with van der Waals surface area (Å²) in [6, 6.07) is 16.9. The number of benzene rings is 2. The summed E-state index contributed by atoms with van der Waals surface area (Å²) in [6.45, 7) is 0.801. The summed E-state index contributed by atoms with van der Waals surface area (Å²) in [4.78, 5) is 14.7. The van der Waals surface area contributed by atoms with Crippen molar-refractivity contribution in [2.24, 2.45) is 0 Å². The van der Waals surface area contributed by atoms with Crippen LogP contribution in [0.25, 0.3) is 6.08 Å². The zero-order valence-corrected chi connectivity index (χ0v) is 15.0. The average Bonchev–Trinajstić information content (AvgIpc) is 2.85. The molecule has 0 radical (unpaired) electrons. The quantitative estimate of drug-likeness (QED) is 0.563. The highest BCUT2D eigenvalue weighted by Crippen LogP contribution is 2.33. The van der Waals surface area contributed by atoms with Gasteiger partial charge in [-0.15, -0.1) is 0 Å². The van der Waals surface area contributed by atoms with E-state index in [1.807, 2.05) is 48.5 Å². The van der Waals surface area contributed by atoms with Gasteiger partial charge in [0.05, 0.1) is 11.4 Å². The molecule has 1 amide bonds. The van der Waals surface area contributed by atoms with Gasteiger partial charge in [-0.3, -0.25) is 9.69 Å². The summed E-state index contributed by atoms with van der Waals surface area (Å²) in [5, 5.41) is 0.607. The SMILES string of the molecule is O=C1C(=Cc2ccccc2Cl)SC(=S)N1CCOc1ccccc1. The number of ether oxygens (including phenoxy) is 1. The minimum atomic E-state index is -0.110. The van der Waals surface area contributed by atoms with Crippen molar-refractivity contribution in [1.82, 2.24) is 4.90 Å². The van der Waals surface area contributed by atoms with E-state index in [1.54, 1.807) is 17.0 Å². The molecular formula is C18H14ClNO2S2. The van der Waals surface area contributed by atoms with E-state index in [4.69, 9.17) is 28.6 Å². The van der Waals surface area contributed by atoms with Gasteiger partial charge < -0.3 is 4.74 Å². The van der Waals surface area contributed by atoms with Crippen LogP contribution in [0.5, 0.6) is 5.75 Å². The van der Waals surface area contributed by atoms with Crippen molar-refractivity contribution in [2.45, 2.75) is 0 Å². The van der Waals surface area contributed by atoms with E-state index in [9.17, 15) is 4.79 Å². The highest BCUT2D eigenvalue weighted by Gasteiger charge is 2.31. The third kappa shape index (κ3) is 3.98. The summed E-state index contributed by atoms with van der Waals surface area (Å²) in [5.41, 5.74) is 0.806. The Labute approximate surface area is 155 Å². The topological polar surface area (TPSA) is 29.5 Å². The van der Waals surface area contributed by atoms with Crippen LogP contribution < -0.4 is 4.74 Å². The highest BCUT2D eigenvalue weighted by atomic mass is 35.5. The Morgan fingerprint density at radius 1 is 1.12 bits per heavy atom. The van der Waals surface area contributed by atoms with Crippen molar-refractivity contribution < 1.29 is 9.53 Å². The largest absolute Gasteiger partial charge is 0.492 e. The molecule has 1 aliphatic rings. The molecule has 2 aromatic carbocycles. The second-order valence-corrected chi connectivity index (χ2v) is 7.10. The molecular weight excluding hydrogens is 362 g/mol. The van der Waals surface area contributed by atoms with Crippen LogP contribution in [0.1, 0.15) is 5.56 Å². The lowest BCUT2D eigenvalue weighted by atomic mass is 10.2. The highest BCUT2D eigenvalue weighted by molar-refractivity contribution is 8.26. The van der Waals surface area contributed by atoms with Crippen molar-refractivity contribution >= 4 is 51.9 Å². The van der Waals surface area contributed by atoms with E-state index in [1.165, 1.54) is 11.8 Å². The smallest absolute Gasteiger partial charge is 0.266 e. The van der Waals surface area contributed by atoms with Crippen molar-refractivity contribution in [3.8, 4) is 5.75 Å². The zero-order chi connectivity index (χ0) is 16.9. The molecule has 0 spiro atoms. The molecule has 24 heavy (non-hydrogen) atoms. The number of carbonyl (C=O) groups excluding carboxylic acids is 1. The Balaban J connectivity index is 1.65. The Hall–Kier alpha value is -1.82. The van der Waals surface area contributed by atoms with Gasteiger partial charge in [0.2, 0.25) is 0 Å². The minimum absolute atomic E-state index is 0.110. The van der Waals surface area contributed by atoms with Gasteiger partial charge in [0.1, 0.15) is 16.7 Å². The summed E-state index contributed by atoms with van der Waals surface area (Å²) < 4.78 is 6.17. The van der Waals surface area contributed by atoms with E-state index in [0.29, 0.717) is 27.4 Å². The van der Waals surface area contributed by atoms with E-state index < -0.39 is 0 Å². The molecule has 1 fully saturated rings. The Morgan fingerprint density at radius 2 is 1.83 bits per heavy atom. The van der Waals surface area contributed by atoms with E-state index in [2.05, 4.69) is 0 Å². The van der Waals surface area contributed by atoms with Crippen LogP contribution in [-0.2, 0) is 4.79 Å². The van der Waals surface area contributed by atoms with E-state index in [0.717, 1.165) is 11.3 Å². The first-order chi connectivity index (χ1) is 11.6. The van der Waals surface area contributed by atoms with Crippen LogP contribution in [0.3, 0.4) is 0 Å². The lowest BCUT2D eigenvalue weighted by molar-refractivity contribution is -0.122. The van der Waals surface area contributed by atoms with Gasteiger partial charge in [0, 0.05) is 5.02 Å². The standard InChI is InChI=1S/C18H14ClNO2S2/c19-15-9-5-4-6-13(15)12-16-17(21)20(18(23)24-16)10-11-22-14-7-2-1-3-8-14/h1-9,12H,10-11H2. The molecule has 0 saturated carbocycles. The molecule has 0 bridgehead atoms. The molecule has 1 aliphatic heterocycles. The number of halogens is 1. The molecule has 3 nitrogen and oxygen atoms in total. The maximum absolute atomic E-state index is 12.5. The molecule has 0 unspecified atom stereocenters. The number of para-hydroxylation sites is 1. The second kappa shape index (κ2) is 7.83. The van der Waals surface area contributed by atoms with Gasteiger partial charge in [-0.1, -0.05) is 72.0 Å². The molecule has 2 aromatic rings. The molecule has 0 aromatic heterocycles. The lowest BCUT2D eigenvalue weighted by Crippen LogP contribution is -2.32. The van der Waals surface area contributed by atoms with Gasteiger partial charge in [-0.2, -0.15) is 0 Å². The van der Waals surface area contributed by atoms with Crippen LogP contribution in [0.2, 0.25) is 5.02 Å². The first kappa shape index (κ1) is 17.0. The molecule has 0 atom stereocenters. The predicted molar refractivity (Wildman–Crippen MR) is 103 cm³/mol. The molecule has 1 saturated heterocycles. The number of nitrogens with zero attached hydrogens (tertiary/aromatic N) is 1. The van der Waals surface area contributed by atoms with Crippen LogP contribution in [-0.4, -0.2) is 28.3 Å². The molecule has 0 N–H and O–H groups in total. The number of rotatable bonds is 5. The normalized spacial score (nSPS) is 16.0. The maximum Gasteiger partial charge on any atom is 0.266 e. The molecule has 1 heterocycles. The fourth-order valence-electron chi connectivity index (χ4n) is 2.20. The number of amides is 1. The first-order valence-electron chi connectivity index (χ1n) is 7.33. The van der Waals surface area contributed by atoms with Gasteiger partial charge in [0.25, 0.3) is 5.91 Å². The summed E-state index contributed by atoms with van der Waals surface area (Å²) >= 11 is 12.7. The van der Waals surface area contributed by atoms with E-state index >= 15 is 0 Å². The minimum Gasteiger partial charge on any atom is -0.492 e. The zero-order valence-electron chi connectivity index (χ0n) is 12.6. The Kier molecular flexibility index (Phi) is 5.56. The van der Waals surface area contributed by atoms with Crippen molar-refractivity contribution in [3.63, 3.8) is 0 Å². The Morgan fingerprint density at radius 3 is 2.58 bits per heavy atom. The number of hydrogen-bond donors (Lipinski definition) is 0. The molecule has 3 rings (SSSR count). The summed E-state index contributed by atoms with van der Waals surface area (Å²) in [6.07, 6.45) is 1.78. The summed E-state index contributed by atoms with van der Waals surface area (Å²) in [5.74, 6) is 0.663. The number of thiocarbonyl (C=S) groups is 1. The molecule has 122 valence electrons.